The highest BCUT2D eigenvalue weighted by Crippen LogP contribution is 2.37. The van der Waals surface area contributed by atoms with Crippen molar-refractivity contribution in [2.24, 2.45) is 0 Å². The monoisotopic (exact) mass is 364 g/mol. The van der Waals surface area contributed by atoms with E-state index in [4.69, 9.17) is 0 Å². The molecule has 1 aromatic carbocycles. The van der Waals surface area contributed by atoms with Gasteiger partial charge in [-0.25, -0.2) is 4.79 Å². The number of aromatic nitrogens is 2. The summed E-state index contributed by atoms with van der Waals surface area (Å²) in [4.78, 5) is 31.0. The van der Waals surface area contributed by atoms with Crippen LogP contribution in [0.15, 0.2) is 63.5 Å². The van der Waals surface area contributed by atoms with Gasteiger partial charge < -0.3 is 4.98 Å². The molecule has 0 amide bonds. The summed E-state index contributed by atoms with van der Waals surface area (Å²) in [6.45, 7) is 0. The highest BCUT2D eigenvalue weighted by atomic mass is 32.1. The summed E-state index contributed by atoms with van der Waals surface area (Å²) in [5.41, 5.74) is 3.21. The summed E-state index contributed by atoms with van der Waals surface area (Å²) in [7, 11) is 0. The molecule has 0 aliphatic heterocycles. The maximum Gasteiger partial charge on any atom is 0.325 e. The third-order valence-corrected chi connectivity index (χ3v) is 5.90. The van der Waals surface area contributed by atoms with Crippen molar-refractivity contribution in [3.8, 4) is 0 Å². The minimum atomic E-state index is -0.421. The van der Waals surface area contributed by atoms with Crippen LogP contribution in [-0.2, 0) is 6.42 Å². The van der Waals surface area contributed by atoms with Crippen LogP contribution >= 0.6 is 11.3 Å². The van der Waals surface area contributed by atoms with Gasteiger partial charge in [0.05, 0.1) is 0 Å². The van der Waals surface area contributed by atoms with Gasteiger partial charge >= 0.3 is 5.69 Å². The molecule has 3 aromatic rings. The Morgan fingerprint density at radius 1 is 1.04 bits per heavy atom. The zero-order valence-electron chi connectivity index (χ0n) is 14.3. The number of H-pyrrole nitrogens is 2. The van der Waals surface area contributed by atoms with Crippen molar-refractivity contribution in [1.29, 1.82) is 0 Å². The standard InChI is InChI=1S/C21H20N2O2S/c24-20-17(13-14-5-2-1-3-6-14)19(22-21(25)23-20)16-10-8-15(9-11-16)18-7-4-12-26-18/h1-8,12,16H,9-11,13H2,(H2,22,23,24,25). The highest BCUT2D eigenvalue weighted by molar-refractivity contribution is 7.11. The van der Waals surface area contributed by atoms with Gasteiger partial charge in [-0.05, 0) is 41.8 Å². The maximum atomic E-state index is 12.5. The van der Waals surface area contributed by atoms with Gasteiger partial charge in [-0.1, -0.05) is 42.5 Å². The number of allylic oxidation sites excluding steroid dienone is 2. The largest absolute Gasteiger partial charge is 0.325 e. The van der Waals surface area contributed by atoms with Crippen molar-refractivity contribution < 1.29 is 0 Å². The van der Waals surface area contributed by atoms with Gasteiger partial charge in [0.2, 0.25) is 0 Å². The average molecular weight is 364 g/mol. The van der Waals surface area contributed by atoms with E-state index in [-0.39, 0.29) is 11.5 Å². The van der Waals surface area contributed by atoms with Gasteiger partial charge in [0.1, 0.15) is 0 Å². The van der Waals surface area contributed by atoms with Gasteiger partial charge in [0.25, 0.3) is 5.56 Å². The molecule has 26 heavy (non-hydrogen) atoms. The van der Waals surface area contributed by atoms with E-state index in [0.29, 0.717) is 12.0 Å². The van der Waals surface area contributed by atoms with Crippen molar-refractivity contribution in [2.45, 2.75) is 31.6 Å². The van der Waals surface area contributed by atoms with E-state index in [9.17, 15) is 9.59 Å². The lowest BCUT2D eigenvalue weighted by Crippen LogP contribution is -2.29. The minimum absolute atomic E-state index is 0.174. The zero-order valence-corrected chi connectivity index (χ0v) is 15.1. The molecule has 1 aliphatic carbocycles. The molecule has 0 saturated carbocycles. The fourth-order valence-corrected chi connectivity index (χ4v) is 4.43. The number of benzene rings is 1. The second-order valence-corrected chi connectivity index (χ2v) is 7.59. The molecule has 2 heterocycles. The first kappa shape index (κ1) is 16.8. The van der Waals surface area contributed by atoms with Crippen LogP contribution in [0.5, 0.6) is 0 Å². The van der Waals surface area contributed by atoms with Crippen LogP contribution in [0.4, 0.5) is 0 Å². The summed E-state index contributed by atoms with van der Waals surface area (Å²) >= 11 is 1.76. The predicted molar refractivity (Wildman–Crippen MR) is 106 cm³/mol. The van der Waals surface area contributed by atoms with E-state index in [1.165, 1.54) is 10.5 Å². The van der Waals surface area contributed by atoms with E-state index in [0.717, 1.165) is 30.5 Å². The Morgan fingerprint density at radius 2 is 1.88 bits per heavy atom. The first-order valence-corrected chi connectivity index (χ1v) is 9.71. The number of thiophene rings is 1. The minimum Gasteiger partial charge on any atom is -0.311 e. The Labute approximate surface area is 155 Å². The smallest absolute Gasteiger partial charge is 0.311 e. The second kappa shape index (κ2) is 7.30. The van der Waals surface area contributed by atoms with E-state index >= 15 is 0 Å². The first-order chi connectivity index (χ1) is 12.7. The van der Waals surface area contributed by atoms with Crippen molar-refractivity contribution in [1.82, 2.24) is 9.97 Å². The summed E-state index contributed by atoms with van der Waals surface area (Å²) in [5, 5.41) is 2.09. The van der Waals surface area contributed by atoms with Gasteiger partial charge in [-0.2, -0.15) is 0 Å². The Bertz CT molecular complexity index is 1030. The summed E-state index contributed by atoms with van der Waals surface area (Å²) in [5.74, 6) is 0.174. The molecule has 132 valence electrons. The molecular formula is C21H20N2O2S. The molecule has 5 heteroatoms. The van der Waals surface area contributed by atoms with Crippen molar-refractivity contribution >= 4 is 16.9 Å². The number of aromatic amines is 2. The van der Waals surface area contributed by atoms with Crippen molar-refractivity contribution in [3.05, 3.63) is 96.5 Å². The molecule has 4 rings (SSSR count). The molecular weight excluding hydrogens is 344 g/mol. The summed E-state index contributed by atoms with van der Waals surface area (Å²) in [6.07, 6.45) is 5.52. The van der Waals surface area contributed by atoms with Gasteiger partial charge in [0.15, 0.2) is 0 Å². The molecule has 0 bridgehead atoms. The maximum absolute atomic E-state index is 12.5. The molecule has 2 N–H and O–H groups in total. The number of nitrogens with one attached hydrogen (secondary N) is 2. The molecule has 2 aromatic heterocycles. The zero-order chi connectivity index (χ0) is 17.9. The van der Waals surface area contributed by atoms with Gasteiger partial charge in [-0.15, -0.1) is 11.3 Å². The average Bonchev–Trinajstić information content (AvgIpc) is 3.19. The van der Waals surface area contributed by atoms with Crippen LogP contribution in [0.3, 0.4) is 0 Å². The van der Waals surface area contributed by atoms with Crippen LogP contribution in [-0.4, -0.2) is 9.97 Å². The topological polar surface area (TPSA) is 65.7 Å². The number of hydrogen-bond donors (Lipinski definition) is 2. The molecule has 0 saturated heterocycles. The molecule has 1 atom stereocenters. The molecule has 0 fully saturated rings. The third-order valence-electron chi connectivity index (χ3n) is 4.96. The second-order valence-electron chi connectivity index (χ2n) is 6.64. The van der Waals surface area contributed by atoms with E-state index < -0.39 is 5.69 Å². The Hall–Kier alpha value is -2.66. The van der Waals surface area contributed by atoms with Crippen LogP contribution in [0.25, 0.3) is 5.57 Å². The fourth-order valence-electron chi connectivity index (χ4n) is 3.64. The third kappa shape index (κ3) is 3.48. The van der Waals surface area contributed by atoms with Crippen LogP contribution in [0.2, 0.25) is 0 Å². The van der Waals surface area contributed by atoms with E-state index in [2.05, 4.69) is 33.6 Å². The van der Waals surface area contributed by atoms with E-state index in [1.54, 1.807) is 11.3 Å². The lowest BCUT2D eigenvalue weighted by Gasteiger charge is -2.23. The Balaban J connectivity index is 1.66. The van der Waals surface area contributed by atoms with Gasteiger partial charge in [0, 0.05) is 28.5 Å². The first-order valence-electron chi connectivity index (χ1n) is 8.83. The van der Waals surface area contributed by atoms with Crippen molar-refractivity contribution in [3.63, 3.8) is 0 Å². The van der Waals surface area contributed by atoms with Crippen LogP contribution < -0.4 is 11.2 Å². The Kier molecular flexibility index (Phi) is 4.71. The lowest BCUT2D eigenvalue weighted by atomic mass is 9.84. The van der Waals surface area contributed by atoms with Crippen molar-refractivity contribution in [2.75, 3.05) is 0 Å². The number of hydrogen-bond acceptors (Lipinski definition) is 3. The van der Waals surface area contributed by atoms with E-state index in [1.807, 2.05) is 30.3 Å². The highest BCUT2D eigenvalue weighted by Gasteiger charge is 2.22. The Morgan fingerprint density at radius 3 is 2.58 bits per heavy atom. The molecule has 4 nitrogen and oxygen atoms in total. The summed E-state index contributed by atoms with van der Waals surface area (Å²) < 4.78 is 0. The quantitative estimate of drug-likeness (QED) is 0.733. The number of rotatable bonds is 4. The molecule has 1 unspecified atom stereocenters. The molecule has 1 aliphatic rings. The van der Waals surface area contributed by atoms with Crippen LogP contribution in [0.1, 0.15) is 46.9 Å². The fraction of sp³-hybridized carbons (Fsp3) is 0.238. The lowest BCUT2D eigenvalue weighted by molar-refractivity contribution is 0.596. The predicted octanol–water partition coefficient (Wildman–Crippen LogP) is 4.07. The van der Waals surface area contributed by atoms with Crippen LogP contribution in [0, 0.1) is 0 Å². The normalized spacial score (nSPS) is 17.1. The summed E-state index contributed by atoms with van der Waals surface area (Å²) in [6, 6.07) is 14.1. The molecule has 0 radical (unpaired) electrons. The van der Waals surface area contributed by atoms with Gasteiger partial charge in [-0.3, -0.25) is 9.78 Å². The molecule has 0 spiro atoms. The SMILES string of the molecule is O=c1[nH]c(C2CC=C(c3cccs3)CC2)c(Cc2ccccc2)c(=O)[nH]1.